The number of hydrogen-bond donors (Lipinski definition) is 2. The Kier molecular flexibility index (Phi) is 4.36. The second kappa shape index (κ2) is 6.00. The highest BCUT2D eigenvalue weighted by Gasteiger charge is 2.24. The van der Waals surface area contributed by atoms with Gasteiger partial charge < -0.3 is 11.1 Å². The largest absolute Gasteiger partial charge is 0.369 e. The first kappa shape index (κ1) is 13.1. The van der Waals surface area contributed by atoms with Gasteiger partial charge in [-0.15, -0.1) is 0 Å². The minimum absolute atomic E-state index is 0.0973. The SMILES string of the molecule is Cn1nccc1CCNC1CCC(C(N)=O)CC1. The zero-order valence-corrected chi connectivity index (χ0v) is 10.9. The third-order valence-corrected chi connectivity index (χ3v) is 3.87. The van der Waals surface area contributed by atoms with Gasteiger partial charge in [0.15, 0.2) is 0 Å². The minimum atomic E-state index is -0.136. The molecular weight excluding hydrogens is 228 g/mol. The zero-order chi connectivity index (χ0) is 13.0. The van der Waals surface area contributed by atoms with Gasteiger partial charge in [-0.2, -0.15) is 5.10 Å². The topological polar surface area (TPSA) is 72.9 Å². The second-order valence-corrected chi connectivity index (χ2v) is 5.10. The molecule has 5 nitrogen and oxygen atoms in total. The molecule has 1 aliphatic carbocycles. The fraction of sp³-hybridized carbons (Fsp3) is 0.692. The fourth-order valence-corrected chi connectivity index (χ4v) is 2.63. The number of primary amides is 1. The summed E-state index contributed by atoms with van der Waals surface area (Å²) in [5.74, 6) is -0.0385. The third kappa shape index (κ3) is 3.32. The van der Waals surface area contributed by atoms with E-state index in [1.54, 1.807) is 0 Å². The molecule has 0 unspecified atom stereocenters. The third-order valence-electron chi connectivity index (χ3n) is 3.87. The van der Waals surface area contributed by atoms with Crippen LogP contribution in [0.15, 0.2) is 12.3 Å². The zero-order valence-electron chi connectivity index (χ0n) is 10.9. The van der Waals surface area contributed by atoms with Crippen LogP contribution in [0.1, 0.15) is 31.4 Å². The maximum atomic E-state index is 11.1. The molecule has 0 bridgehead atoms. The van der Waals surface area contributed by atoms with Gasteiger partial charge in [-0.3, -0.25) is 9.48 Å². The van der Waals surface area contributed by atoms with Gasteiger partial charge >= 0.3 is 0 Å². The highest BCUT2D eigenvalue weighted by atomic mass is 16.1. The van der Waals surface area contributed by atoms with E-state index in [2.05, 4.69) is 10.4 Å². The van der Waals surface area contributed by atoms with E-state index < -0.39 is 0 Å². The quantitative estimate of drug-likeness (QED) is 0.803. The average Bonchev–Trinajstić information content (AvgIpc) is 2.76. The van der Waals surface area contributed by atoms with Crippen LogP contribution in [0.5, 0.6) is 0 Å². The Hall–Kier alpha value is -1.36. The molecule has 0 aromatic carbocycles. The number of aryl methyl sites for hydroxylation is 1. The summed E-state index contributed by atoms with van der Waals surface area (Å²) in [7, 11) is 1.97. The van der Waals surface area contributed by atoms with E-state index in [-0.39, 0.29) is 11.8 Å². The Morgan fingerprint density at radius 1 is 1.50 bits per heavy atom. The van der Waals surface area contributed by atoms with Gasteiger partial charge in [-0.1, -0.05) is 0 Å². The van der Waals surface area contributed by atoms with Gasteiger partial charge in [0.25, 0.3) is 0 Å². The van der Waals surface area contributed by atoms with Gasteiger partial charge in [0.05, 0.1) is 0 Å². The van der Waals surface area contributed by atoms with Crippen molar-refractivity contribution in [3.8, 4) is 0 Å². The van der Waals surface area contributed by atoms with Crippen LogP contribution in [0, 0.1) is 5.92 Å². The molecule has 1 fully saturated rings. The van der Waals surface area contributed by atoms with Crippen molar-refractivity contribution in [3.05, 3.63) is 18.0 Å². The number of rotatable bonds is 5. The Morgan fingerprint density at radius 2 is 2.22 bits per heavy atom. The van der Waals surface area contributed by atoms with Gasteiger partial charge in [0.2, 0.25) is 5.91 Å². The van der Waals surface area contributed by atoms with Gasteiger partial charge in [-0.05, 0) is 31.7 Å². The van der Waals surface area contributed by atoms with Crippen LogP contribution in [0.4, 0.5) is 0 Å². The lowest BCUT2D eigenvalue weighted by molar-refractivity contribution is -0.122. The predicted octanol–water partition coefficient (Wildman–Crippen LogP) is 0.596. The first-order chi connectivity index (χ1) is 8.66. The van der Waals surface area contributed by atoms with Crippen LogP contribution < -0.4 is 11.1 Å². The molecule has 2 rings (SSSR count). The number of carbonyl (C=O) groups excluding carboxylic acids is 1. The van der Waals surface area contributed by atoms with Crippen molar-refractivity contribution in [3.63, 3.8) is 0 Å². The molecule has 5 heteroatoms. The molecule has 0 spiro atoms. The van der Waals surface area contributed by atoms with Crippen LogP contribution >= 0.6 is 0 Å². The molecule has 0 aliphatic heterocycles. The number of hydrogen-bond acceptors (Lipinski definition) is 3. The number of nitrogens with two attached hydrogens (primary N) is 1. The molecule has 1 amide bonds. The molecule has 3 N–H and O–H groups in total. The van der Waals surface area contributed by atoms with E-state index in [1.807, 2.05) is 24.0 Å². The van der Waals surface area contributed by atoms with E-state index in [0.717, 1.165) is 38.6 Å². The summed E-state index contributed by atoms with van der Waals surface area (Å²) >= 11 is 0. The van der Waals surface area contributed by atoms with Crippen molar-refractivity contribution in [1.29, 1.82) is 0 Å². The van der Waals surface area contributed by atoms with E-state index in [0.29, 0.717) is 6.04 Å². The second-order valence-electron chi connectivity index (χ2n) is 5.10. The maximum absolute atomic E-state index is 11.1. The van der Waals surface area contributed by atoms with Crippen molar-refractivity contribution in [2.45, 2.75) is 38.1 Å². The molecule has 0 atom stereocenters. The van der Waals surface area contributed by atoms with Crippen molar-refractivity contribution in [2.24, 2.45) is 18.7 Å². The molecule has 1 aromatic heterocycles. The van der Waals surface area contributed by atoms with Crippen LogP contribution in [0.25, 0.3) is 0 Å². The molecule has 18 heavy (non-hydrogen) atoms. The maximum Gasteiger partial charge on any atom is 0.220 e. The van der Waals surface area contributed by atoms with E-state index in [1.165, 1.54) is 5.69 Å². The molecule has 1 aromatic rings. The van der Waals surface area contributed by atoms with Gasteiger partial charge in [-0.25, -0.2) is 0 Å². The van der Waals surface area contributed by atoms with E-state index >= 15 is 0 Å². The number of carbonyl (C=O) groups is 1. The average molecular weight is 250 g/mol. The first-order valence-electron chi connectivity index (χ1n) is 6.66. The molecular formula is C13H22N4O. The van der Waals surface area contributed by atoms with Crippen LogP contribution in [-0.2, 0) is 18.3 Å². The summed E-state index contributed by atoms with van der Waals surface area (Å²) in [6.45, 7) is 0.964. The fourth-order valence-electron chi connectivity index (χ4n) is 2.63. The Labute approximate surface area is 108 Å². The smallest absolute Gasteiger partial charge is 0.220 e. The first-order valence-corrected chi connectivity index (χ1v) is 6.66. The summed E-state index contributed by atoms with van der Waals surface area (Å²) in [4.78, 5) is 11.1. The van der Waals surface area contributed by atoms with Crippen molar-refractivity contribution in [1.82, 2.24) is 15.1 Å². The highest BCUT2D eigenvalue weighted by Crippen LogP contribution is 2.23. The Morgan fingerprint density at radius 3 is 2.78 bits per heavy atom. The monoisotopic (exact) mass is 250 g/mol. The van der Waals surface area contributed by atoms with Crippen molar-refractivity contribution in [2.75, 3.05) is 6.54 Å². The van der Waals surface area contributed by atoms with Crippen molar-refractivity contribution < 1.29 is 4.79 Å². The summed E-state index contributed by atoms with van der Waals surface area (Å²) in [5, 5.41) is 7.70. The van der Waals surface area contributed by atoms with Gasteiger partial charge in [0.1, 0.15) is 0 Å². The Balaban J connectivity index is 1.67. The molecule has 1 heterocycles. The number of amides is 1. The minimum Gasteiger partial charge on any atom is -0.369 e. The standard InChI is InChI=1S/C13H22N4O/c1-17-12(7-9-16-17)6-8-15-11-4-2-10(3-5-11)13(14)18/h7,9-11,15H,2-6,8H2,1H3,(H2,14,18). The number of nitrogens with zero attached hydrogens (tertiary/aromatic N) is 2. The van der Waals surface area contributed by atoms with Crippen LogP contribution in [0.3, 0.4) is 0 Å². The summed E-state index contributed by atoms with van der Waals surface area (Å²) in [6.07, 6.45) is 6.79. The van der Waals surface area contributed by atoms with Crippen LogP contribution in [-0.4, -0.2) is 28.3 Å². The normalized spacial score (nSPS) is 24.1. The lowest BCUT2D eigenvalue weighted by Crippen LogP contribution is -2.37. The van der Waals surface area contributed by atoms with E-state index in [4.69, 9.17) is 5.73 Å². The van der Waals surface area contributed by atoms with Gasteiger partial charge in [0, 0.05) is 43.9 Å². The molecule has 0 saturated heterocycles. The van der Waals surface area contributed by atoms with Crippen molar-refractivity contribution >= 4 is 5.91 Å². The highest BCUT2D eigenvalue weighted by molar-refractivity contribution is 5.76. The summed E-state index contributed by atoms with van der Waals surface area (Å²) < 4.78 is 1.91. The summed E-state index contributed by atoms with van der Waals surface area (Å²) in [5.41, 5.74) is 6.57. The van der Waals surface area contributed by atoms with E-state index in [9.17, 15) is 4.79 Å². The summed E-state index contributed by atoms with van der Waals surface area (Å²) in [6, 6.07) is 2.58. The lowest BCUT2D eigenvalue weighted by atomic mass is 9.85. The molecule has 1 aliphatic rings. The number of aromatic nitrogens is 2. The van der Waals surface area contributed by atoms with Crippen LogP contribution in [0.2, 0.25) is 0 Å². The number of nitrogens with one attached hydrogen (secondary N) is 1. The predicted molar refractivity (Wildman–Crippen MR) is 69.9 cm³/mol. The molecule has 0 radical (unpaired) electrons. The Bertz CT molecular complexity index is 393. The lowest BCUT2D eigenvalue weighted by Gasteiger charge is -2.27. The molecule has 1 saturated carbocycles. The molecule has 100 valence electrons.